The first kappa shape index (κ1) is 32.8. The van der Waals surface area contributed by atoms with Crippen LogP contribution in [0.15, 0.2) is 193 Å². The highest BCUT2D eigenvalue weighted by molar-refractivity contribution is 6.16. The summed E-state index contributed by atoms with van der Waals surface area (Å²) in [7, 11) is 0. The Morgan fingerprint density at radius 3 is 2.02 bits per heavy atom. The summed E-state index contributed by atoms with van der Waals surface area (Å²) in [6, 6.07) is 66.1. The quantitative estimate of drug-likeness (QED) is 0.187. The standard InChI is InChI=1S/C54H38N4/c1-4-16-35(17-5-1)45-34-47-42-23-12-15-27-50(42)58(54-55-48-25-13-10-24-44(48)52(56-54)36-18-6-2-7-19-36)53(47)46-32-37(28-30-40(45)46)38-29-31-43-41-22-11-14-26-49(41)57(51(43)33-38)39-20-8-3-9-21-39/h1-11,13-22,24-34,54,56H,12,23H2. The molecule has 0 amide bonds. The molecule has 1 N–H and O–H groups in total. The normalized spacial score (nSPS) is 14.8. The molecule has 0 bridgehead atoms. The van der Waals surface area contributed by atoms with Crippen LogP contribution in [-0.2, 0) is 6.42 Å². The Bertz CT molecular complexity index is 3410. The fourth-order valence-electron chi connectivity index (χ4n) is 9.60. The third-order valence-corrected chi connectivity index (χ3v) is 12.2. The van der Waals surface area contributed by atoms with Gasteiger partial charge in [0, 0.05) is 38.1 Å². The summed E-state index contributed by atoms with van der Waals surface area (Å²) in [5, 5.41) is 12.3. The molecule has 4 nitrogen and oxygen atoms in total. The molecule has 1 aliphatic heterocycles. The number of aryl methyl sites for hydroxylation is 1. The zero-order valence-corrected chi connectivity index (χ0v) is 31.8. The molecule has 58 heavy (non-hydrogen) atoms. The monoisotopic (exact) mass is 742 g/mol. The Hall–Kier alpha value is -7.43. The molecule has 0 radical (unpaired) electrons. The molecule has 4 heteroatoms. The number of nitrogens with one attached hydrogen (secondary N) is 1. The maximum Gasteiger partial charge on any atom is 0.201 e. The van der Waals surface area contributed by atoms with Crippen molar-refractivity contribution in [2.75, 3.05) is 0 Å². The topological polar surface area (TPSA) is 34.2 Å². The minimum absolute atomic E-state index is 0.355. The van der Waals surface area contributed by atoms with E-state index in [2.05, 4.69) is 209 Å². The van der Waals surface area contributed by atoms with Crippen molar-refractivity contribution >= 4 is 55.3 Å². The van der Waals surface area contributed by atoms with Crippen molar-refractivity contribution in [1.82, 2.24) is 14.5 Å². The van der Waals surface area contributed by atoms with Crippen molar-refractivity contribution < 1.29 is 0 Å². The zero-order chi connectivity index (χ0) is 38.2. The molecular formula is C54H38N4. The zero-order valence-electron chi connectivity index (χ0n) is 31.8. The molecule has 0 spiro atoms. The van der Waals surface area contributed by atoms with Crippen LogP contribution in [-0.4, -0.2) is 9.13 Å². The Morgan fingerprint density at radius 2 is 1.19 bits per heavy atom. The number of aromatic nitrogens is 2. The van der Waals surface area contributed by atoms with E-state index in [-0.39, 0.29) is 6.29 Å². The second-order valence-corrected chi connectivity index (χ2v) is 15.4. The van der Waals surface area contributed by atoms with Gasteiger partial charge in [-0.05, 0) is 100 Å². The van der Waals surface area contributed by atoms with E-state index in [1.54, 1.807) is 0 Å². The molecular weight excluding hydrogens is 705 g/mol. The van der Waals surface area contributed by atoms with Gasteiger partial charge in [-0.1, -0.05) is 146 Å². The number of allylic oxidation sites excluding steroid dienone is 1. The molecule has 1 unspecified atom stereocenters. The number of fused-ring (bicyclic) bond motifs is 9. The van der Waals surface area contributed by atoms with E-state index in [4.69, 9.17) is 4.99 Å². The minimum Gasteiger partial charge on any atom is -0.345 e. The van der Waals surface area contributed by atoms with Crippen molar-refractivity contribution in [2.24, 2.45) is 4.99 Å². The van der Waals surface area contributed by atoms with Crippen molar-refractivity contribution in [2.45, 2.75) is 19.1 Å². The van der Waals surface area contributed by atoms with Crippen molar-refractivity contribution in [3.05, 3.63) is 215 Å². The van der Waals surface area contributed by atoms with E-state index in [0.717, 1.165) is 40.4 Å². The summed E-state index contributed by atoms with van der Waals surface area (Å²) < 4.78 is 4.89. The average molecular weight is 743 g/mol. The van der Waals surface area contributed by atoms with Crippen LogP contribution in [0.5, 0.6) is 0 Å². The van der Waals surface area contributed by atoms with E-state index in [1.165, 1.54) is 77.0 Å². The van der Waals surface area contributed by atoms with E-state index in [9.17, 15) is 0 Å². The lowest BCUT2D eigenvalue weighted by atomic mass is 9.91. The van der Waals surface area contributed by atoms with Gasteiger partial charge < -0.3 is 14.5 Å². The third kappa shape index (κ3) is 5.05. The highest BCUT2D eigenvalue weighted by Gasteiger charge is 2.28. The molecule has 8 aromatic carbocycles. The first-order chi connectivity index (χ1) is 28.8. The highest BCUT2D eigenvalue weighted by atomic mass is 15.3. The van der Waals surface area contributed by atoms with Gasteiger partial charge in [0.25, 0.3) is 0 Å². The molecule has 12 rings (SSSR count). The number of nitrogens with zero attached hydrogens (tertiary/aromatic N) is 3. The number of para-hydroxylation sites is 3. The smallest absolute Gasteiger partial charge is 0.201 e. The van der Waals surface area contributed by atoms with Gasteiger partial charge in [0.15, 0.2) is 0 Å². The van der Waals surface area contributed by atoms with Crippen LogP contribution in [0, 0.1) is 0 Å². The Kier molecular flexibility index (Phi) is 7.39. The highest BCUT2D eigenvalue weighted by Crippen LogP contribution is 2.44. The molecule has 0 saturated heterocycles. The molecule has 2 aliphatic rings. The SMILES string of the molecule is C1=Cc2c(c3cc(-c4ccccc4)c4ccc(-c5ccc6c7ccccc7n(-c7ccccc7)c6c5)cc4c3n2C2N=c3ccccc3=C(c3ccccc3)N2)CC1. The van der Waals surface area contributed by atoms with Crippen LogP contribution in [0.4, 0.5) is 0 Å². The summed E-state index contributed by atoms with van der Waals surface area (Å²) in [5.41, 5.74) is 14.5. The summed E-state index contributed by atoms with van der Waals surface area (Å²) in [6.07, 6.45) is 6.29. The Labute approximate surface area is 336 Å². The second-order valence-electron chi connectivity index (χ2n) is 15.4. The molecule has 1 atom stereocenters. The fourth-order valence-corrected chi connectivity index (χ4v) is 9.60. The molecule has 3 heterocycles. The Morgan fingerprint density at radius 1 is 0.517 bits per heavy atom. The average Bonchev–Trinajstić information content (AvgIpc) is 3.82. The van der Waals surface area contributed by atoms with Crippen LogP contribution >= 0.6 is 0 Å². The van der Waals surface area contributed by atoms with Crippen LogP contribution in [0.3, 0.4) is 0 Å². The Balaban J connectivity index is 1.14. The van der Waals surface area contributed by atoms with Gasteiger partial charge >= 0.3 is 0 Å². The van der Waals surface area contributed by atoms with Gasteiger partial charge in [0.1, 0.15) is 0 Å². The van der Waals surface area contributed by atoms with E-state index < -0.39 is 0 Å². The largest absolute Gasteiger partial charge is 0.345 e. The van der Waals surface area contributed by atoms with Crippen LogP contribution in [0.1, 0.15) is 29.5 Å². The van der Waals surface area contributed by atoms with Crippen LogP contribution in [0.2, 0.25) is 0 Å². The number of rotatable bonds is 5. The lowest BCUT2D eigenvalue weighted by Gasteiger charge is -2.27. The molecule has 2 aromatic heterocycles. The fraction of sp³-hybridized carbons (Fsp3) is 0.0556. The van der Waals surface area contributed by atoms with Gasteiger partial charge in [-0.3, -0.25) is 0 Å². The van der Waals surface area contributed by atoms with Gasteiger partial charge in [-0.2, -0.15) is 0 Å². The maximum atomic E-state index is 5.48. The van der Waals surface area contributed by atoms with E-state index in [1.807, 2.05) is 0 Å². The summed E-state index contributed by atoms with van der Waals surface area (Å²) in [6.45, 7) is 0. The molecule has 10 aromatic rings. The molecule has 274 valence electrons. The van der Waals surface area contributed by atoms with Gasteiger partial charge in [0.05, 0.1) is 27.6 Å². The summed E-state index contributed by atoms with van der Waals surface area (Å²) >= 11 is 0. The second kappa shape index (κ2) is 13.1. The predicted octanol–water partition coefficient (Wildman–Crippen LogP) is 11.7. The predicted molar refractivity (Wildman–Crippen MR) is 240 cm³/mol. The molecule has 0 saturated carbocycles. The third-order valence-electron chi connectivity index (χ3n) is 12.2. The lowest BCUT2D eigenvalue weighted by molar-refractivity contribution is 0.474. The van der Waals surface area contributed by atoms with Crippen LogP contribution < -0.4 is 15.9 Å². The summed E-state index contributed by atoms with van der Waals surface area (Å²) in [5.74, 6) is 0. The van der Waals surface area contributed by atoms with Crippen molar-refractivity contribution in [3.63, 3.8) is 0 Å². The number of benzene rings is 8. The van der Waals surface area contributed by atoms with Crippen molar-refractivity contribution in [3.8, 4) is 27.9 Å². The first-order valence-electron chi connectivity index (χ1n) is 20.2. The number of hydrogen-bond acceptors (Lipinski definition) is 2. The van der Waals surface area contributed by atoms with Crippen molar-refractivity contribution in [1.29, 1.82) is 0 Å². The number of hydrogen-bond donors (Lipinski definition) is 1. The lowest BCUT2D eigenvalue weighted by Crippen LogP contribution is -2.41. The van der Waals surface area contributed by atoms with Gasteiger partial charge in [-0.25, -0.2) is 4.99 Å². The first-order valence-corrected chi connectivity index (χ1v) is 20.2. The van der Waals surface area contributed by atoms with E-state index >= 15 is 0 Å². The van der Waals surface area contributed by atoms with Gasteiger partial charge in [0.2, 0.25) is 6.29 Å². The molecule has 0 fully saturated rings. The molecule has 1 aliphatic carbocycles. The minimum atomic E-state index is -0.355. The maximum absolute atomic E-state index is 5.48. The summed E-state index contributed by atoms with van der Waals surface area (Å²) in [4.78, 5) is 5.48. The van der Waals surface area contributed by atoms with Gasteiger partial charge in [-0.15, -0.1) is 0 Å². The van der Waals surface area contributed by atoms with E-state index in [0.29, 0.717) is 0 Å². The van der Waals surface area contributed by atoms with Crippen LogP contribution in [0.25, 0.3) is 83.2 Å².